The minimum absolute atomic E-state index is 0.175. The van der Waals surface area contributed by atoms with E-state index in [4.69, 9.17) is 0 Å². The third-order valence-corrected chi connectivity index (χ3v) is 2.78. The Labute approximate surface area is 81.0 Å². The first kappa shape index (κ1) is 9.18. The van der Waals surface area contributed by atoms with E-state index in [1.54, 1.807) is 0 Å². The van der Waals surface area contributed by atoms with Crippen molar-refractivity contribution in [2.45, 2.75) is 25.8 Å². The van der Waals surface area contributed by atoms with Crippen LogP contribution in [0.25, 0.3) is 0 Å². The molecule has 0 aromatic rings. The van der Waals surface area contributed by atoms with Crippen molar-refractivity contribution in [1.82, 2.24) is 4.90 Å². The SMILES string of the molecule is CC(=O)N1CCCC2C(=O)OC(=O)[C@H]21. The van der Waals surface area contributed by atoms with E-state index in [2.05, 4.69) is 4.74 Å². The first-order chi connectivity index (χ1) is 6.61. The number of esters is 2. The second-order valence-corrected chi connectivity index (χ2v) is 3.65. The molecule has 2 rings (SSSR count). The Hall–Kier alpha value is -1.39. The van der Waals surface area contributed by atoms with E-state index in [1.165, 1.54) is 11.8 Å². The molecule has 0 spiro atoms. The van der Waals surface area contributed by atoms with Crippen LogP contribution >= 0.6 is 0 Å². The number of rotatable bonds is 0. The highest BCUT2D eigenvalue weighted by molar-refractivity contribution is 6.00. The average molecular weight is 197 g/mol. The fourth-order valence-electron chi connectivity index (χ4n) is 2.12. The Bertz CT molecular complexity index is 312. The van der Waals surface area contributed by atoms with E-state index in [1.807, 2.05) is 0 Å². The molecule has 1 amide bonds. The zero-order valence-electron chi connectivity index (χ0n) is 7.86. The van der Waals surface area contributed by atoms with E-state index < -0.39 is 23.9 Å². The molecule has 2 heterocycles. The van der Waals surface area contributed by atoms with E-state index in [0.717, 1.165) is 6.42 Å². The summed E-state index contributed by atoms with van der Waals surface area (Å²) in [5.41, 5.74) is 0. The van der Waals surface area contributed by atoms with Gasteiger partial charge in [-0.3, -0.25) is 9.59 Å². The predicted octanol–water partition coefficient (Wildman–Crippen LogP) is -0.303. The fraction of sp³-hybridized carbons (Fsp3) is 0.667. The predicted molar refractivity (Wildman–Crippen MR) is 45.0 cm³/mol. The van der Waals surface area contributed by atoms with Gasteiger partial charge in [0.2, 0.25) is 5.91 Å². The molecule has 5 nitrogen and oxygen atoms in total. The van der Waals surface area contributed by atoms with Crippen LogP contribution in [0.2, 0.25) is 0 Å². The molecule has 2 saturated heterocycles. The van der Waals surface area contributed by atoms with E-state index >= 15 is 0 Å². The van der Waals surface area contributed by atoms with Gasteiger partial charge in [-0.2, -0.15) is 0 Å². The molecule has 1 unspecified atom stereocenters. The minimum Gasteiger partial charge on any atom is -0.391 e. The van der Waals surface area contributed by atoms with Crippen LogP contribution in [-0.4, -0.2) is 35.3 Å². The van der Waals surface area contributed by atoms with Crippen molar-refractivity contribution < 1.29 is 19.1 Å². The fourth-order valence-corrected chi connectivity index (χ4v) is 2.12. The summed E-state index contributed by atoms with van der Waals surface area (Å²) in [5, 5.41) is 0. The maximum absolute atomic E-state index is 11.3. The van der Waals surface area contributed by atoms with Gasteiger partial charge in [-0.05, 0) is 12.8 Å². The molecule has 2 aliphatic rings. The second kappa shape index (κ2) is 3.08. The Balaban J connectivity index is 2.27. The molecule has 5 heteroatoms. The molecule has 0 aliphatic carbocycles. The smallest absolute Gasteiger partial charge is 0.337 e. The standard InChI is InChI=1S/C9H11NO4/c1-5(11)10-4-2-3-6-7(10)9(13)14-8(6)12/h6-7H,2-4H2,1H3/t6?,7-/m0/s1. The second-order valence-electron chi connectivity index (χ2n) is 3.65. The number of ether oxygens (including phenoxy) is 1. The molecule has 0 aromatic carbocycles. The molecule has 0 radical (unpaired) electrons. The molecule has 0 N–H and O–H groups in total. The number of hydrogen-bond donors (Lipinski definition) is 0. The van der Waals surface area contributed by atoms with Crippen LogP contribution in [0.3, 0.4) is 0 Å². The molecule has 0 saturated carbocycles. The van der Waals surface area contributed by atoms with Gasteiger partial charge in [-0.1, -0.05) is 0 Å². The number of carbonyl (C=O) groups excluding carboxylic acids is 3. The Morgan fingerprint density at radius 3 is 2.79 bits per heavy atom. The maximum atomic E-state index is 11.3. The van der Waals surface area contributed by atoms with E-state index in [-0.39, 0.29) is 5.91 Å². The van der Waals surface area contributed by atoms with Crippen molar-refractivity contribution >= 4 is 17.8 Å². The molecular formula is C9H11NO4. The quantitative estimate of drug-likeness (QED) is 0.395. The Morgan fingerprint density at radius 1 is 1.43 bits per heavy atom. The summed E-state index contributed by atoms with van der Waals surface area (Å²) in [7, 11) is 0. The van der Waals surface area contributed by atoms with Crippen molar-refractivity contribution in [3.63, 3.8) is 0 Å². The largest absolute Gasteiger partial charge is 0.391 e. The maximum Gasteiger partial charge on any atom is 0.337 e. The number of piperidine rings is 1. The number of likely N-dealkylation sites (tertiary alicyclic amines) is 1. The summed E-state index contributed by atoms with van der Waals surface area (Å²) in [6.45, 7) is 1.94. The van der Waals surface area contributed by atoms with Crippen LogP contribution in [0.4, 0.5) is 0 Å². The summed E-state index contributed by atoms with van der Waals surface area (Å²) < 4.78 is 4.52. The lowest BCUT2D eigenvalue weighted by Crippen LogP contribution is -2.49. The Kier molecular flexibility index (Phi) is 2.02. The van der Waals surface area contributed by atoms with Gasteiger partial charge in [-0.15, -0.1) is 0 Å². The first-order valence-electron chi connectivity index (χ1n) is 4.64. The highest BCUT2D eigenvalue weighted by atomic mass is 16.6. The average Bonchev–Trinajstić information content (AvgIpc) is 2.43. The van der Waals surface area contributed by atoms with Crippen LogP contribution in [0, 0.1) is 5.92 Å². The van der Waals surface area contributed by atoms with Gasteiger partial charge in [-0.25, -0.2) is 4.79 Å². The first-order valence-corrected chi connectivity index (χ1v) is 4.64. The van der Waals surface area contributed by atoms with Crippen LogP contribution in [0.5, 0.6) is 0 Å². The monoisotopic (exact) mass is 197 g/mol. The minimum atomic E-state index is -0.659. The van der Waals surface area contributed by atoms with Gasteiger partial charge in [0.15, 0.2) is 0 Å². The summed E-state index contributed by atoms with van der Waals surface area (Å²) in [5.74, 6) is -1.66. The molecule has 2 fully saturated rings. The zero-order chi connectivity index (χ0) is 10.3. The van der Waals surface area contributed by atoms with Gasteiger partial charge < -0.3 is 9.64 Å². The molecule has 14 heavy (non-hydrogen) atoms. The summed E-state index contributed by atoms with van der Waals surface area (Å²) in [6, 6.07) is -0.659. The lowest BCUT2D eigenvalue weighted by Gasteiger charge is -2.32. The van der Waals surface area contributed by atoms with Gasteiger partial charge in [0.05, 0.1) is 5.92 Å². The van der Waals surface area contributed by atoms with Crippen molar-refractivity contribution in [1.29, 1.82) is 0 Å². The summed E-state index contributed by atoms with van der Waals surface area (Å²) in [6.07, 6.45) is 1.39. The van der Waals surface area contributed by atoms with Gasteiger partial charge in [0, 0.05) is 13.5 Å². The molecule has 0 bridgehead atoms. The summed E-state index contributed by atoms with van der Waals surface area (Å²) >= 11 is 0. The molecule has 76 valence electrons. The van der Waals surface area contributed by atoms with Crippen molar-refractivity contribution in [3.8, 4) is 0 Å². The highest BCUT2D eigenvalue weighted by Gasteiger charge is 2.50. The third-order valence-electron chi connectivity index (χ3n) is 2.78. The van der Waals surface area contributed by atoms with Crippen molar-refractivity contribution in [3.05, 3.63) is 0 Å². The molecule has 2 aliphatic heterocycles. The number of amides is 1. The van der Waals surface area contributed by atoms with E-state index in [9.17, 15) is 14.4 Å². The molecule has 0 aromatic heterocycles. The highest BCUT2D eigenvalue weighted by Crippen LogP contribution is 2.30. The van der Waals surface area contributed by atoms with Gasteiger partial charge >= 0.3 is 11.9 Å². The number of cyclic esters (lactones) is 2. The number of nitrogens with zero attached hydrogens (tertiary/aromatic N) is 1. The number of carbonyl (C=O) groups is 3. The van der Waals surface area contributed by atoms with E-state index in [0.29, 0.717) is 13.0 Å². The van der Waals surface area contributed by atoms with Gasteiger partial charge in [0.1, 0.15) is 6.04 Å². The van der Waals surface area contributed by atoms with Crippen molar-refractivity contribution in [2.24, 2.45) is 5.92 Å². The lowest BCUT2D eigenvalue weighted by molar-refractivity contribution is -0.155. The van der Waals surface area contributed by atoms with Crippen LogP contribution in [0.1, 0.15) is 19.8 Å². The molecular weight excluding hydrogens is 186 g/mol. The Morgan fingerprint density at radius 2 is 2.14 bits per heavy atom. The van der Waals surface area contributed by atoms with Crippen LogP contribution in [-0.2, 0) is 19.1 Å². The third kappa shape index (κ3) is 1.20. The van der Waals surface area contributed by atoms with Crippen LogP contribution in [0.15, 0.2) is 0 Å². The lowest BCUT2D eigenvalue weighted by atomic mass is 9.91. The number of fused-ring (bicyclic) bond motifs is 1. The zero-order valence-corrected chi connectivity index (χ0v) is 7.86. The normalized spacial score (nSPS) is 31.4. The van der Waals surface area contributed by atoms with Crippen molar-refractivity contribution in [2.75, 3.05) is 6.54 Å². The number of hydrogen-bond acceptors (Lipinski definition) is 4. The van der Waals surface area contributed by atoms with Gasteiger partial charge in [0.25, 0.3) is 0 Å². The summed E-state index contributed by atoms with van der Waals surface area (Å²) in [4.78, 5) is 35.1. The topological polar surface area (TPSA) is 63.7 Å². The molecule has 2 atom stereocenters. The van der Waals surface area contributed by atoms with Crippen LogP contribution < -0.4 is 0 Å².